The number of thiophene rings is 1. The van der Waals surface area contributed by atoms with Gasteiger partial charge in [-0.05, 0) is 35.6 Å². The van der Waals surface area contributed by atoms with Crippen LogP contribution in [0.2, 0.25) is 0 Å². The SMILES string of the molecule is O=[P+](c1ccccc1)c1ccc([P+](=O)c2ccccc2)s1. The van der Waals surface area contributed by atoms with Crippen LogP contribution < -0.4 is 19.8 Å². The van der Waals surface area contributed by atoms with Crippen LogP contribution >= 0.6 is 26.9 Å². The van der Waals surface area contributed by atoms with E-state index in [1.54, 1.807) is 0 Å². The highest BCUT2D eigenvalue weighted by atomic mass is 32.1. The predicted octanol–water partition coefficient (Wildman–Crippen LogP) is 3.30. The summed E-state index contributed by atoms with van der Waals surface area (Å²) in [6, 6.07) is 22.4. The second-order valence-corrected chi connectivity index (χ2v) is 9.23. The van der Waals surface area contributed by atoms with Gasteiger partial charge in [0.05, 0.1) is 0 Å². The molecule has 5 heteroatoms. The van der Waals surface area contributed by atoms with Crippen LogP contribution in [-0.4, -0.2) is 0 Å². The minimum absolute atomic E-state index is 0.769. The van der Waals surface area contributed by atoms with Gasteiger partial charge >= 0.3 is 15.6 Å². The molecule has 2 atom stereocenters. The van der Waals surface area contributed by atoms with Crippen molar-refractivity contribution in [3.63, 3.8) is 0 Å². The lowest BCUT2D eigenvalue weighted by Crippen LogP contribution is -2.04. The topological polar surface area (TPSA) is 34.1 Å². The van der Waals surface area contributed by atoms with E-state index in [4.69, 9.17) is 0 Å². The molecular weight excluding hydrogens is 318 g/mol. The standard InChI is InChI=1S/C16H12O2P2S/c17-19(13-7-3-1-4-8-13)15-11-12-16(21-15)20(18)14-9-5-2-6-10-14/h1-12H/q+2. The fraction of sp³-hybridized carbons (Fsp3) is 0. The summed E-state index contributed by atoms with van der Waals surface area (Å²) in [4.78, 5) is 0. The van der Waals surface area contributed by atoms with E-state index in [-0.39, 0.29) is 0 Å². The summed E-state index contributed by atoms with van der Waals surface area (Å²) in [7, 11) is -3.21. The maximum atomic E-state index is 12.5. The molecule has 3 aromatic rings. The molecule has 0 radical (unpaired) electrons. The summed E-state index contributed by atoms with van der Waals surface area (Å²) in [5.74, 6) is 0. The molecule has 21 heavy (non-hydrogen) atoms. The van der Waals surface area contributed by atoms with Gasteiger partial charge in [0, 0.05) is 12.1 Å². The molecule has 0 bridgehead atoms. The van der Waals surface area contributed by atoms with Gasteiger partial charge in [-0.15, -0.1) is 0 Å². The van der Waals surface area contributed by atoms with Crippen molar-refractivity contribution in [3.8, 4) is 0 Å². The Morgan fingerprint density at radius 2 is 0.952 bits per heavy atom. The highest BCUT2D eigenvalue weighted by Gasteiger charge is 2.32. The molecule has 0 amide bonds. The van der Waals surface area contributed by atoms with Crippen LogP contribution in [0.5, 0.6) is 0 Å². The van der Waals surface area contributed by atoms with Gasteiger partial charge in [-0.2, -0.15) is 0 Å². The van der Waals surface area contributed by atoms with Crippen LogP contribution in [0.3, 0.4) is 0 Å². The first kappa shape index (κ1) is 14.3. The quantitative estimate of drug-likeness (QED) is 0.688. The largest absolute Gasteiger partial charge is 0.426 e. The van der Waals surface area contributed by atoms with Gasteiger partial charge in [0.1, 0.15) is 0 Å². The van der Waals surface area contributed by atoms with E-state index in [0.29, 0.717) is 0 Å². The molecule has 102 valence electrons. The predicted molar refractivity (Wildman–Crippen MR) is 91.0 cm³/mol. The highest BCUT2D eigenvalue weighted by molar-refractivity contribution is 7.74. The zero-order valence-corrected chi connectivity index (χ0v) is 13.7. The molecule has 0 aliphatic carbocycles. The van der Waals surface area contributed by atoms with Crippen molar-refractivity contribution in [2.24, 2.45) is 0 Å². The van der Waals surface area contributed by atoms with E-state index in [2.05, 4.69) is 0 Å². The minimum atomic E-state index is -1.60. The lowest BCUT2D eigenvalue weighted by Gasteiger charge is -1.84. The average Bonchev–Trinajstić information content (AvgIpc) is 3.05. The Bertz CT molecular complexity index is 716. The van der Waals surface area contributed by atoms with E-state index in [0.717, 1.165) is 19.8 Å². The summed E-state index contributed by atoms with van der Waals surface area (Å²) in [5.41, 5.74) is 0. The molecular formula is C16H12O2P2S+2. The van der Waals surface area contributed by atoms with Crippen LogP contribution in [0.4, 0.5) is 0 Å². The Labute approximate surface area is 129 Å². The van der Waals surface area contributed by atoms with Crippen molar-refractivity contribution in [1.82, 2.24) is 0 Å². The third-order valence-corrected chi connectivity index (χ3v) is 7.83. The molecule has 2 aromatic carbocycles. The number of hydrogen-bond acceptors (Lipinski definition) is 3. The number of rotatable bonds is 4. The van der Waals surface area contributed by atoms with Gasteiger partial charge in [0.15, 0.2) is 10.6 Å². The third-order valence-electron chi connectivity index (χ3n) is 2.96. The third kappa shape index (κ3) is 3.16. The molecule has 0 aliphatic heterocycles. The minimum Gasteiger partial charge on any atom is -0.0619 e. The number of hydrogen-bond donors (Lipinski definition) is 0. The first-order valence-corrected chi connectivity index (χ1v) is 9.74. The second kappa shape index (κ2) is 6.41. The monoisotopic (exact) mass is 330 g/mol. The van der Waals surface area contributed by atoms with E-state index < -0.39 is 15.6 Å². The lowest BCUT2D eigenvalue weighted by atomic mass is 10.4. The Morgan fingerprint density at radius 3 is 1.33 bits per heavy atom. The van der Waals surface area contributed by atoms with Crippen LogP contribution in [0.1, 0.15) is 0 Å². The normalized spacial score (nSPS) is 12.0. The average molecular weight is 330 g/mol. The number of benzene rings is 2. The molecule has 3 rings (SSSR count). The van der Waals surface area contributed by atoms with Gasteiger partial charge in [0.2, 0.25) is 0 Å². The van der Waals surface area contributed by atoms with Crippen LogP contribution in [0.25, 0.3) is 0 Å². The van der Waals surface area contributed by atoms with Crippen molar-refractivity contribution in [3.05, 3.63) is 72.8 Å². The van der Waals surface area contributed by atoms with Crippen molar-refractivity contribution in [2.45, 2.75) is 0 Å². The Balaban J connectivity index is 1.87. The molecule has 2 unspecified atom stereocenters. The Morgan fingerprint density at radius 1 is 0.571 bits per heavy atom. The smallest absolute Gasteiger partial charge is 0.0619 e. The first-order valence-electron chi connectivity index (χ1n) is 6.40. The molecule has 1 aromatic heterocycles. The summed E-state index contributed by atoms with van der Waals surface area (Å²) in [5, 5.41) is 1.60. The molecule has 0 saturated heterocycles. The van der Waals surface area contributed by atoms with Gasteiger partial charge in [-0.1, -0.05) is 45.5 Å². The van der Waals surface area contributed by atoms with Crippen LogP contribution in [0.15, 0.2) is 72.8 Å². The lowest BCUT2D eigenvalue weighted by molar-refractivity contribution is 0.597. The van der Waals surface area contributed by atoms with Gasteiger partial charge in [-0.25, -0.2) is 0 Å². The first-order chi connectivity index (χ1) is 10.3. The van der Waals surface area contributed by atoms with Crippen molar-refractivity contribution in [1.29, 1.82) is 0 Å². The van der Waals surface area contributed by atoms with E-state index in [9.17, 15) is 9.13 Å². The van der Waals surface area contributed by atoms with Crippen molar-refractivity contribution < 1.29 is 9.13 Å². The van der Waals surface area contributed by atoms with E-state index >= 15 is 0 Å². The van der Waals surface area contributed by atoms with Crippen LogP contribution in [-0.2, 0) is 9.13 Å². The fourth-order valence-corrected chi connectivity index (χ4v) is 6.32. The van der Waals surface area contributed by atoms with Crippen molar-refractivity contribution in [2.75, 3.05) is 0 Å². The second-order valence-electron chi connectivity index (χ2n) is 4.37. The zero-order chi connectivity index (χ0) is 14.7. The van der Waals surface area contributed by atoms with Gasteiger partial charge < -0.3 is 0 Å². The summed E-state index contributed by atoms with van der Waals surface area (Å²) in [6.45, 7) is 0. The van der Waals surface area contributed by atoms with E-state index in [1.165, 1.54) is 11.3 Å². The molecule has 0 aliphatic rings. The Hall–Kier alpha value is -1.66. The highest BCUT2D eigenvalue weighted by Crippen LogP contribution is 2.27. The molecule has 0 saturated carbocycles. The zero-order valence-electron chi connectivity index (χ0n) is 11.0. The molecule has 0 spiro atoms. The molecule has 0 fully saturated rings. The van der Waals surface area contributed by atoms with Gasteiger partial charge in [0.25, 0.3) is 9.24 Å². The Kier molecular flexibility index (Phi) is 4.36. The van der Waals surface area contributed by atoms with Crippen LogP contribution in [0, 0.1) is 0 Å². The summed E-state index contributed by atoms with van der Waals surface area (Å²) >= 11 is 1.37. The molecule has 1 heterocycles. The molecule has 0 N–H and O–H groups in total. The fourth-order valence-electron chi connectivity index (χ4n) is 1.92. The van der Waals surface area contributed by atoms with E-state index in [1.807, 2.05) is 72.8 Å². The van der Waals surface area contributed by atoms with Gasteiger partial charge in [-0.3, -0.25) is 0 Å². The maximum Gasteiger partial charge on any atom is 0.426 e. The summed E-state index contributed by atoms with van der Waals surface area (Å²) < 4.78 is 26.5. The summed E-state index contributed by atoms with van der Waals surface area (Å²) in [6.07, 6.45) is 0. The maximum absolute atomic E-state index is 12.5. The van der Waals surface area contributed by atoms with Crippen molar-refractivity contribution >= 4 is 46.8 Å². The molecule has 2 nitrogen and oxygen atoms in total.